The number of hydrogen-bond donors (Lipinski definition) is 0. The topological polar surface area (TPSA) is 42.9 Å². The average molecular weight is 291 g/mol. The highest BCUT2D eigenvalue weighted by molar-refractivity contribution is 9.10. The third kappa shape index (κ3) is 2.42. The van der Waals surface area contributed by atoms with E-state index in [1.165, 1.54) is 12.4 Å². The van der Waals surface area contributed by atoms with Gasteiger partial charge in [-0.05, 0) is 37.1 Å². The molecule has 17 heavy (non-hydrogen) atoms. The van der Waals surface area contributed by atoms with E-state index in [1.54, 1.807) is 6.20 Å². The molecule has 0 radical (unpaired) electrons. The van der Waals surface area contributed by atoms with Crippen LogP contribution in [0.15, 0.2) is 35.2 Å². The molecule has 0 unspecified atom stereocenters. The van der Waals surface area contributed by atoms with E-state index < -0.39 is 0 Å². The molecule has 0 aliphatic heterocycles. The Balaban J connectivity index is 2.45. The summed E-state index contributed by atoms with van der Waals surface area (Å²) in [5, 5.41) is 0. The fourth-order valence-corrected chi connectivity index (χ4v) is 1.87. The number of hydrogen-bond acceptors (Lipinski definition) is 3. The first kappa shape index (κ1) is 11.9. The van der Waals surface area contributed by atoms with Crippen LogP contribution >= 0.6 is 15.9 Å². The lowest BCUT2D eigenvalue weighted by atomic mass is 10.0. The first-order valence-electron chi connectivity index (χ1n) is 5.17. The monoisotopic (exact) mass is 290 g/mol. The first-order valence-corrected chi connectivity index (χ1v) is 5.96. The minimum Gasteiger partial charge on any atom is -0.287 e. The number of nitrogens with zero attached hydrogens (tertiary/aromatic N) is 2. The second-order valence-electron chi connectivity index (χ2n) is 3.84. The molecule has 0 N–H and O–H groups in total. The van der Waals surface area contributed by atoms with Crippen LogP contribution < -0.4 is 0 Å². The van der Waals surface area contributed by atoms with Crippen molar-refractivity contribution in [1.82, 2.24) is 9.97 Å². The fraction of sp³-hybridized carbons (Fsp3) is 0.154. The fourth-order valence-electron chi connectivity index (χ4n) is 1.64. The molecule has 0 saturated heterocycles. The largest absolute Gasteiger partial charge is 0.287 e. The van der Waals surface area contributed by atoms with E-state index in [4.69, 9.17) is 0 Å². The second kappa shape index (κ2) is 4.75. The van der Waals surface area contributed by atoms with Gasteiger partial charge in [0.1, 0.15) is 5.69 Å². The van der Waals surface area contributed by atoms with E-state index in [0.717, 1.165) is 15.6 Å². The molecule has 2 rings (SSSR count). The third-order valence-corrected chi connectivity index (χ3v) is 3.75. The first-order chi connectivity index (χ1) is 8.09. The van der Waals surface area contributed by atoms with Crippen molar-refractivity contribution in [2.45, 2.75) is 13.8 Å². The molecule has 0 fully saturated rings. The van der Waals surface area contributed by atoms with Gasteiger partial charge in [-0.2, -0.15) is 0 Å². The third-order valence-electron chi connectivity index (χ3n) is 2.49. The van der Waals surface area contributed by atoms with E-state index in [1.807, 2.05) is 26.0 Å². The lowest BCUT2D eigenvalue weighted by Crippen LogP contribution is -2.05. The zero-order valence-electron chi connectivity index (χ0n) is 9.57. The molecular weight excluding hydrogens is 280 g/mol. The van der Waals surface area contributed by atoms with Gasteiger partial charge >= 0.3 is 0 Å². The number of rotatable bonds is 2. The van der Waals surface area contributed by atoms with Crippen LogP contribution in [0.2, 0.25) is 0 Å². The minimum atomic E-state index is -0.100. The number of carbonyl (C=O) groups excluding carboxylic acids is 1. The number of aryl methyl sites for hydroxylation is 2. The smallest absolute Gasteiger partial charge is 0.212 e. The lowest BCUT2D eigenvalue weighted by Gasteiger charge is -2.06. The molecule has 0 aliphatic carbocycles. The van der Waals surface area contributed by atoms with Crippen LogP contribution in [0.4, 0.5) is 0 Å². The normalized spacial score (nSPS) is 10.3. The van der Waals surface area contributed by atoms with Gasteiger partial charge in [0, 0.05) is 22.4 Å². The van der Waals surface area contributed by atoms with E-state index in [0.29, 0.717) is 11.3 Å². The molecule has 0 spiro atoms. The van der Waals surface area contributed by atoms with Crippen molar-refractivity contribution in [3.8, 4) is 0 Å². The molecular formula is C13H11BrN2O. The molecule has 0 aliphatic rings. The molecule has 0 saturated carbocycles. The average Bonchev–Trinajstić information content (AvgIpc) is 2.35. The highest BCUT2D eigenvalue weighted by Crippen LogP contribution is 2.23. The van der Waals surface area contributed by atoms with Crippen LogP contribution in [0.5, 0.6) is 0 Å². The Bertz CT molecular complexity index is 544. The molecule has 4 heteroatoms. The predicted octanol–water partition coefficient (Wildman–Crippen LogP) is 3.09. The maximum Gasteiger partial charge on any atom is 0.212 e. The summed E-state index contributed by atoms with van der Waals surface area (Å²) < 4.78 is 1.04. The molecule has 1 aromatic heterocycles. The van der Waals surface area contributed by atoms with Gasteiger partial charge in [0.15, 0.2) is 0 Å². The summed E-state index contributed by atoms with van der Waals surface area (Å²) in [4.78, 5) is 20.1. The van der Waals surface area contributed by atoms with Crippen molar-refractivity contribution in [2.24, 2.45) is 0 Å². The van der Waals surface area contributed by atoms with E-state index in [9.17, 15) is 4.79 Å². The quantitative estimate of drug-likeness (QED) is 0.799. The van der Waals surface area contributed by atoms with Gasteiger partial charge in [-0.15, -0.1) is 0 Å². The molecule has 1 heterocycles. The van der Waals surface area contributed by atoms with Crippen molar-refractivity contribution < 1.29 is 4.79 Å². The Morgan fingerprint density at radius 1 is 1.18 bits per heavy atom. The standard InChI is InChI=1S/C13H11BrN2O/c1-8-5-10(6-9(2)12(8)14)13(17)11-7-15-3-4-16-11/h3-7H,1-2H3. The number of halogens is 1. The second-order valence-corrected chi connectivity index (χ2v) is 4.64. The maximum absolute atomic E-state index is 12.1. The van der Waals surface area contributed by atoms with Crippen molar-refractivity contribution in [3.05, 3.63) is 57.6 Å². The van der Waals surface area contributed by atoms with Gasteiger partial charge in [-0.3, -0.25) is 9.78 Å². The summed E-state index contributed by atoms with van der Waals surface area (Å²) >= 11 is 3.48. The highest BCUT2D eigenvalue weighted by atomic mass is 79.9. The van der Waals surface area contributed by atoms with Crippen LogP contribution in [0.1, 0.15) is 27.2 Å². The Morgan fingerprint density at radius 3 is 2.35 bits per heavy atom. The van der Waals surface area contributed by atoms with Crippen LogP contribution in [0.25, 0.3) is 0 Å². The Kier molecular flexibility index (Phi) is 3.33. The van der Waals surface area contributed by atoms with E-state index in [2.05, 4.69) is 25.9 Å². The number of ketones is 1. The van der Waals surface area contributed by atoms with Gasteiger partial charge in [-0.1, -0.05) is 15.9 Å². The highest BCUT2D eigenvalue weighted by Gasteiger charge is 2.12. The van der Waals surface area contributed by atoms with Gasteiger partial charge in [-0.25, -0.2) is 4.98 Å². The SMILES string of the molecule is Cc1cc(C(=O)c2cnccn2)cc(C)c1Br. The zero-order valence-corrected chi connectivity index (χ0v) is 11.2. The summed E-state index contributed by atoms with van der Waals surface area (Å²) in [6.45, 7) is 3.93. The predicted molar refractivity (Wildman–Crippen MR) is 69.1 cm³/mol. The van der Waals surface area contributed by atoms with Crippen LogP contribution in [0.3, 0.4) is 0 Å². The van der Waals surface area contributed by atoms with Gasteiger partial charge in [0.2, 0.25) is 5.78 Å². The summed E-state index contributed by atoms with van der Waals surface area (Å²) in [5.41, 5.74) is 3.09. The molecule has 0 atom stereocenters. The zero-order chi connectivity index (χ0) is 12.4. The molecule has 0 amide bonds. The van der Waals surface area contributed by atoms with Crippen molar-refractivity contribution in [2.75, 3.05) is 0 Å². The van der Waals surface area contributed by atoms with Gasteiger partial charge in [0.25, 0.3) is 0 Å². The Labute approximate surface area is 108 Å². The summed E-state index contributed by atoms with van der Waals surface area (Å²) in [7, 11) is 0. The van der Waals surface area contributed by atoms with Gasteiger partial charge in [0.05, 0.1) is 6.20 Å². The number of carbonyl (C=O) groups is 1. The van der Waals surface area contributed by atoms with Crippen molar-refractivity contribution in [1.29, 1.82) is 0 Å². The van der Waals surface area contributed by atoms with Crippen molar-refractivity contribution >= 4 is 21.7 Å². The van der Waals surface area contributed by atoms with Crippen LogP contribution in [0, 0.1) is 13.8 Å². The molecule has 2 aromatic rings. The Morgan fingerprint density at radius 2 is 1.82 bits per heavy atom. The van der Waals surface area contributed by atoms with Crippen LogP contribution in [-0.2, 0) is 0 Å². The number of benzene rings is 1. The molecule has 0 bridgehead atoms. The van der Waals surface area contributed by atoms with Crippen LogP contribution in [-0.4, -0.2) is 15.8 Å². The van der Waals surface area contributed by atoms with E-state index in [-0.39, 0.29) is 5.78 Å². The summed E-state index contributed by atoms with van der Waals surface area (Å²) in [6, 6.07) is 3.71. The molecule has 86 valence electrons. The minimum absolute atomic E-state index is 0.100. The maximum atomic E-state index is 12.1. The van der Waals surface area contributed by atoms with Crippen molar-refractivity contribution in [3.63, 3.8) is 0 Å². The molecule has 3 nitrogen and oxygen atoms in total. The van der Waals surface area contributed by atoms with E-state index >= 15 is 0 Å². The summed E-state index contributed by atoms with van der Waals surface area (Å²) in [5.74, 6) is -0.100. The van der Waals surface area contributed by atoms with Gasteiger partial charge < -0.3 is 0 Å². The Hall–Kier alpha value is -1.55. The number of aromatic nitrogens is 2. The molecule has 1 aromatic carbocycles. The lowest BCUT2D eigenvalue weighted by molar-refractivity contribution is 0.103. The summed E-state index contributed by atoms with van der Waals surface area (Å²) in [6.07, 6.45) is 4.55.